The third-order valence-corrected chi connectivity index (χ3v) is 4.91. The van der Waals surface area contributed by atoms with Crippen molar-refractivity contribution in [1.29, 1.82) is 0 Å². The summed E-state index contributed by atoms with van der Waals surface area (Å²) < 4.78 is 0. The van der Waals surface area contributed by atoms with Crippen LogP contribution in [0.25, 0.3) is 0 Å². The maximum Gasteiger partial charge on any atom is 0.120 e. The van der Waals surface area contributed by atoms with Crippen LogP contribution in [0.2, 0.25) is 11.6 Å². The fraction of sp³-hybridized carbons (Fsp3) is 0.714. The third-order valence-electron chi connectivity index (χ3n) is 4.91. The summed E-state index contributed by atoms with van der Waals surface area (Å²) in [6.07, 6.45) is 10.5. The van der Waals surface area contributed by atoms with Gasteiger partial charge in [-0.1, -0.05) is 36.1 Å². The zero-order valence-corrected chi connectivity index (χ0v) is 9.02. The second-order valence-electron chi connectivity index (χ2n) is 5.86. The minimum absolute atomic E-state index is 0.734. The van der Waals surface area contributed by atoms with Crippen LogP contribution in [0.15, 0.2) is 12.2 Å². The van der Waals surface area contributed by atoms with Gasteiger partial charge in [0.2, 0.25) is 0 Å². The largest absolute Gasteiger partial charge is 0.120 e. The molecule has 0 N–H and O–H groups in total. The van der Waals surface area contributed by atoms with Gasteiger partial charge in [0, 0.05) is 11.8 Å². The summed E-state index contributed by atoms with van der Waals surface area (Å²) in [6.45, 7) is 0. The minimum atomic E-state index is 0.734. The van der Waals surface area contributed by atoms with Crippen LogP contribution in [0.3, 0.4) is 0 Å². The van der Waals surface area contributed by atoms with Crippen LogP contribution in [0, 0.1) is 35.5 Å². The fourth-order valence-electron chi connectivity index (χ4n) is 4.15. The van der Waals surface area contributed by atoms with Crippen LogP contribution >= 0.6 is 0 Å². The van der Waals surface area contributed by atoms with Crippen molar-refractivity contribution in [2.45, 2.75) is 37.3 Å². The van der Waals surface area contributed by atoms with Crippen molar-refractivity contribution in [2.75, 3.05) is 0 Å². The van der Waals surface area contributed by atoms with E-state index in [0.717, 1.165) is 35.3 Å². The first-order valence-corrected chi connectivity index (χ1v) is 6.43. The van der Waals surface area contributed by atoms with E-state index in [0.29, 0.717) is 0 Å². The predicted molar refractivity (Wildman–Crippen MR) is 62.6 cm³/mol. The lowest BCUT2D eigenvalue weighted by Crippen LogP contribution is -2.17. The number of rotatable bonds is 2. The molecule has 0 spiro atoms. The van der Waals surface area contributed by atoms with Gasteiger partial charge in [-0.25, -0.2) is 0 Å². The van der Waals surface area contributed by atoms with E-state index in [-0.39, 0.29) is 0 Å². The summed E-state index contributed by atoms with van der Waals surface area (Å²) in [5, 5.41) is 0. The fourth-order valence-corrected chi connectivity index (χ4v) is 4.15. The molecule has 6 unspecified atom stereocenters. The summed E-state index contributed by atoms with van der Waals surface area (Å²) in [7, 11) is 2.69. The standard InChI is InChI=1S/C14H16B/c1-3-11-5-9(1)7-13(11)15-14-8-10-2-4-12(14)6-10/h1,3,9-14H,5-8H2. The molecule has 0 saturated heterocycles. The third kappa shape index (κ3) is 1.24. The summed E-state index contributed by atoms with van der Waals surface area (Å²) in [6, 6.07) is 0. The first-order chi connectivity index (χ1) is 7.38. The van der Waals surface area contributed by atoms with Crippen molar-refractivity contribution in [3.05, 3.63) is 12.2 Å². The van der Waals surface area contributed by atoms with Crippen molar-refractivity contribution in [1.82, 2.24) is 0 Å². The Kier molecular flexibility index (Phi) is 1.67. The lowest BCUT2D eigenvalue weighted by atomic mass is 9.48. The highest BCUT2D eigenvalue weighted by Gasteiger charge is 2.42. The van der Waals surface area contributed by atoms with E-state index < -0.39 is 0 Å². The SMILES string of the molecule is [B](C1CC2C#CC1C2)C1CC2C=CC1C2. The molecule has 2 fully saturated rings. The van der Waals surface area contributed by atoms with E-state index in [2.05, 4.69) is 31.3 Å². The van der Waals surface area contributed by atoms with Gasteiger partial charge < -0.3 is 0 Å². The molecule has 0 aliphatic heterocycles. The van der Waals surface area contributed by atoms with Crippen LogP contribution in [-0.4, -0.2) is 7.28 Å². The van der Waals surface area contributed by atoms with Crippen LogP contribution in [-0.2, 0) is 0 Å². The van der Waals surface area contributed by atoms with Crippen LogP contribution in [0.5, 0.6) is 0 Å². The van der Waals surface area contributed by atoms with E-state index in [4.69, 9.17) is 0 Å². The average Bonchev–Trinajstić information content (AvgIpc) is 2.96. The van der Waals surface area contributed by atoms with Gasteiger partial charge in [0.1, 0.15) is 7.28 Å². The maximum absolute atomic E-state index is 3.42. The normalized spacial score (nSPS) is 53.3. The quantitative estimate of drug-likeness (QED) is 0.361. The van der Waals surface area contributed by atoms with Crippen LogP contribution in [0.4, 0.5) is 0 Å². The zero-order valence-electron chi connectivity index (χ0n) is 9.02. The highest BCUT2D eigenvalue weighted by atomic mass is 14.4. The highest BCUT2D eigenvalue weighted by Crippen LogP contribution is 2.51. The van der Waals surface area contributed by atoms with Gasteiger partial charge >= 0.3 is 0 Å². The summed E-state index contributed by atoms with van der Waals surface area (Å²) in [5.41, 5.74) is 0. The highest BCUT2D eigenvalue weighted by molar-refractivity contribution is 6.40. The van der Waals surface area contributed by atoms with E-state index >= 15 is 0 Å². The van der Waals surface area contributed by atoms with E-state index in [9.17, 15) is 0 Å². The molecule has 6 atom stereocenters. The first kappa shape index (κ1) is 8.51. The van der Waals surface area contributed by atoms with E-state index in [1.165, 1.54) is 25.7 Å². The zero-order chi connectivity index (χ0) is 9.83. The molecule has 0 heterocycles. The summed E-state index contributed by atoms with van der Waals surface area (Å²) in [4.78, 5) is 0. The second kappa shape index (κ2) is 2.94. The van der Waals surface area contributed by atoms with Gasteiger partial charge in [-0.15, -0.1) is 5.92 Å². The molecule has 4 aliphatic carbocycles. The molecule has 2 saturated carbocycles. The van der Waals surface area contributed by atoms with Gasteiger partial charge in [-0.3, -0.25) is 0 Å². The Bertz CT molecular complexity index is 373. The Morgan fingerprint density at radius 3 is 2.53 bits per heavy atom. The van der Waals surface area contributed by atoms with Crippen LogP contribution in [0.1, 0.15) is 25.7 Å². The second-order valence-corrected chi connectivity index (χ2v) is 5.86. The van der Waals surface area contributed by atoms with Gasteiger partial charge in [-0.05, 0) is 31.1 Å². The first-order valence-electron chi connectivity index (χ1n) is 6.43. The van der Waals surface area contributed by atoms with Crippen molar-refractivity contribution in [2.24, 2.45) is 23.7 Å². The summed E-state index contributed by atoms with van der Waals surface area (Å²) in [5.74, 6) is 11.8. The maximum atomic E-state index is 3.42. The molecule has 4 bridgehead atoms. The Morgan fingerprint density at radius 2 is 1.93 bits per heavy atom. The molecule has 0 aromatic heterocycles. The molecule has 0 amide bonds. The predicted octanol–water partition coefficient (Wildman–Crippen LogP) is 2.91. The lowest BCUT2D eigenvalue weighted by molar-refractivity contribution is 0.647. The van der Waals surface area contributed by atoms with Crippen molar-refractivity contribution >= 4 is 7.28 Å². The molecule has 0 nitrogen and oxygen atoms in total. The van der Waals surface area contributed by atoms with Gasteiger partial charge in [0.15, 0.2) is 0 Å². The van der Waals surface area contributed by atoms with Gasteiger partial charge in [-0.2, -0.15) is 0 Å². The van der Waals surface area contributed by atoms with Crippen molar-refractivity contribution in [3.8, 4) is 11.8 Å². The van der Waals surface area contributed by atoms with E-state index in [1.807, 2.05) is 0 Å². The Balaban J connectivity index is 1.46. The van der Waals surface area contributed by atoms with Crippen molar-refractivity contribution < 1.29 is 0 Å². The molecule has 0 aromatic carbocycles. The molecule has 1 radical (unpaired) electrons. The average molecular weight is 195 g/mol. The lowest BCUT2D eigenvalue weighted by Gasteiger charge is -2.23. The van der Waals surface area contributed by atoms with E-state index in [1.54, 1.807) is 0 Å². The molecule has 15 heavy (non-hydrogen) atoms. The minimum Gasteiger partial charge on any atom is -0.100 e. The van der Waals surface area contributed by atoms with Crippen molar-refractivity contribution in [3.63, 3.8) is 0 Å². The molecule has 0 aromatic rings. The number of fused-ring (bicyclic) bond motifs is 4. The van der Waals surface area contributed by atoms with Gasteiger partial charge in [0.25, 0.3) is 0 Å². The monoisotopic (exact) mass is 195 g/mol. The number of allylic oxidation sites excluding steroid dienone is 2. The molecular formula is C14H16B. The molecule has 1 heteroatoms. The Labute approximate surface area is 92.8 Å². The molecule has 4 rings (SSSR count). The summed E-state index contributed by atoms with van der Waals surface area (Å²) >= 11 is 0. The molecule has 4 aliphatic rings. The van der Waals surface area contributed by atoms with Gasteiger partial charge in [0.05, 0.1) is 0 Å². The Hall–Kier alpha value is -0.635. The Morgan fingerprint density at radius 1 is 0.933 bits per heavy atom. The molecule has 75 valence electrons. The van der Waals surface area contributed by atoms with Crippen LogP contribution < -0.4 is 0 Å². The number of hydrogen-bond acceptors (Lipinski definition) is 0. The molecular weight excluding hydrogens is 179 g/mol. The topological polar surface area (TPSA) is 0 Å². The number of hydrogen-bond donors (Lipinski definition) is 0. The smallest absolute Gasteiger partial charge is 0.100 e.